The van der Waals surface area contributed by atoms with E-state index in [9.17, 15) is 29.1 Å². The zero-order valence-corrected chi connectivity index (χ0v) is 34.7. The van der Waals surface area contributed by atoms with Crippen molar-refractivity contribution in [3.8, 4) is 5.75 Å². The largest absolute Gasteiger partial charge is 0.508 e. The van der Waals surface area contributed by atoms with E-state index in [-0.39, 0.29) is 60.2 Å². The van der Waals surface area contributed by atoms with E-state index in [2.05, 4.69) is 15.6 Å². The van der Waals surface area contributed by atoms with Crippen molar-refractivity contribution in [1.82, 2.24) is 25.4 Å². The zero-order valence-electron chi connectivity index (χ0n) is 33.9. The van der Waals surface area contributed by atoms with Crippen LogP contribution in [0.15, 0.2) is 29.6 Å². The summed E-state index contributed by atoms with van der Waals surface area (Å²) in [4.78, 5) is 74.3. The number of hydrogen-bond donors (Lipinski definition) is 3. The van der Waals surface area contributed by atoms with Crippen molar-refractivity contribution in [2.24, 2.45) is 17.8 Å². The predicted octanol–water partition coefficient (Wildman–Crippen LogP) is 5.66. The van der Waals surface area contributed by atoms with Crippen LogP contribution in [0.4, 0.5) is 0 Å². The Balaban J connectivity index is 1.90. The maximum Gasteiger partial charge on any atom is 0.303 e. The summed E-state index contributed by atoms with van der Waals surface area (Å²) in [6.45, 7) is 14.2. The molecule has 1 fully saturated rings. The molecule has 1 aliphatic heterocycles. The Morgan fingerprint density at radius 3 is 2.38 bits per heavy atom. The molecule has 14 heteroatoms. The average molecular weight is 786 g/mol. The number of phenols is 1. The van der Waals surface area contributed by atoms with Gasteiger partial charge in [0.05, 0.1) is 6.04 Å². The lowest BCUT2D eigenvalue weighted by atomic mass is 9.92. The highest BCUT2D eigenvalue weighted by atomic mass is 32.1. The number of nitrogens with zero attached hydrogens (tertiary/aromatic N) is 3. The van der Waals surface area contributed by atoms with Gasteiger partial charge < -0.3 is 34.9 Å². The van der Waals surface area contributed by atoms with Gasteiger partial charge in [-0.3, -0.25) is 24.1 Å². The molecule has 1 unspecified atom stereocenters. The van der Waals surface area contributed by atoms with Crippen molar-refractivity contribution in [1.29, 1.82) is 0 Å². The summed E-state index contributed by atoms with van der Waals surface area (Å²) in [6, 6.07) is 4.71. The number of amides is 3. The highest BCUT2D eigenvalue weighted by Crippen LogP contribution is 2.32. The van der Waals surface area contributed by atoms with Crippen LogP contribution in [0.25, 0.3) is 0 Å². The molecule has 0 spiro atoms. The van der Waals surface area contributed by atoms with Crippen LogP contribution >= 0.6 is 11.3 Å². The molecule has 1 aromatic carbocycles. The summed E-state index contributed by atoms with van der Waals surface area (Å²) in [5.74, 6) is -1.85. The number of phenolic OH excluding ortho intramolecular Hbond substituents is 1. The van der Waals surface area contributed by atoms with Gasteiger partial charge >= 0.3 is 5.97 Å². The van der Waals surface area contributed by atoms with Crippen LogP contribution in [-0.4, -0.2) is 101 Å². The second-order valence-corrected chi connectivity index (χ2v) is 16.2. The number of esters is 1. The average Bonchev–Trinajstić information content (AvgIpc) is 3.65. The number of aromatic nitrogens is 1. The number of thiazole rings is 1. The minimum Gasteiger partial charge on any atom is -0.508 e. The van der Waals surface area contributed by atoms with Crippen LogP contribution in [0.1, 0.15) is 121 Å². The highest BCUT2D eigenvalue weighted by molar-refractivity contribution is 7.09. The molecule has 1 aromatic heterocycles. The molecule has 1 saturated heterocycles. The van der Waals surface area contributed by atoms with Crippen LogP contribution in [0.2, 0.25) is 0 Å². The van der Waals surface area contributed by atoms with Gasteiger partial charge in [-0.15, -0.1) is 11.3 Å². The molecule has 2 aromatic rings. The third kappa shape index (κ3) is 14.0. The van der Waals surface area contributed by atoms with Crippen molar-refractivity contribution >= 4 is 41.3 Å². The number of aromatic hydroxyl groups is 1. The van der Waals surface area contributed by atoms with E-state index in [1.807, 2.05) is 46.6 Å². The third-order valence-electron chi connectivity index (χ3n) is 10.3. The van der Waals surface area contributed by atoms with E-state index in [1.54, 1.807) is 41.5 Å². The molecule has 1 aliphatic rings. The molecule has 0 aliphatic carbocycles. The Kier molecular flexibility index (Phi) is 18.7. The number of likely N-dealkylation sites (tertiary alicyclic amines) is 1. The molecule has 55 heavy (non-hydrogen) atoms. The number of ether oxygens (including phenoxy) is 2. The smallest absolute Gasteiger partial charge is 0.303 e. The Hall–Kier alpha value is -3.88. The summed E-state index contributed by atoms with van der Waals surface area (Å²) in [6.07, 6.45) is 5.11. The maximum atomic E-state index is 14.7. The molecule has 0 radical (unpaired) electrons. The normalized spacial score (nSPS) is 18.0. The fraction of sp³-hybridized carbons (Fsp3) is 0.659. The first-order valence-corrected chi connectivity index (χ1v) is 20.6. The van der Waals surface area contributed by atoms with Gasteiger partial charge in [-0.1, -0.05) is 66.5 Å². The van der Waals surface area contributed by atoms with Crippen LogP contribution in [0.5, 0.6) is 5.75 Å². The first kappa shape index (κ1) is 45.5. The van der Waals surface area contributed by atoms with Crippen molar-refractivity contribution in [3.05, 3.63) is 45.9 Å². The van der Waals surface area contributed by atoms with Crippen molar-refractivity contribution in [3.63, 3.8) is 0 Å². The molecule has 3 rings (SSSR count). The number of aldehydes is 1. The van der Waals surface area contributed by atoms with Gasteiger partial charge in [0.25, 0.3) is 5.91 Å². The quantitative estimate of drug-likeness (QED) is 0.0587. The highest BCUT2D eigenvalue weighted by Gasteiger charge is 2.39. The molecule has 3 amide bonds. The van der Waals surface area contributed by atoms with E-state index in [0.29, 0.717) is 30.9 Å². The minimum absolute atomic E-state index is 0.0123. The summed E-state index contributed by atoms with van der Waals surface area (Å²) in [5.41, 5.74) is 1.02. The second kappa shape index (κ2) is 22.6. The fourth-order valence-electron chi connectivity index (χ4n) is 6.94. The maximum absolute atomic E-state index is 14.7. The van der Waals surface area contributed by atoms with E-state index >= 15 is 0 Å². The topological polar surface area (TPSA) is 167 Å². The van der Waals surface area contributed by atoms with Gasteiger partial charge in [0, 0.05) is 43.3 Å². The number of carbonyl (C=O) groups is 5. The third-order valence-corrected chi connectivity index (χ3v) is 11.3. The minimum atomic E-state index is -0.881. The Labute approximate surface area is 330 Å². The monoisotopic (exact) mass is 785 g/mol. The second-order valence-electron chi connectivity index (χ2n) is 15.3. The Morgan fingerprint density at radius 2 is 1.78 bits per heavy atom. The fourth-order valence-corrected chi connectivity index (χ4v) is 7.78. The first-order chi connectivity index (χ1) is 26.2. The van der Waals surface area contributed by atoms with E-state index < -0.39 is 36.1 Å². The lowest BCUT2D eigenvalue weighted by Gasteiger charge is -2.39. The molecule has 7 atom stereocenters. The van der Waals surface area contributed by atoms with Crippen molar-refractivity contribution in [2.75, 3.05) is 26.9 Å². The number of carbonyl (C=O) groups excluding carboxylic acids is 5. The summed E-state index contributed by atoms with van der Waals surface area (Å²) in [7, 11) is 1.94. The Morgan fingerprint density at radius 1 is 1.07 bits per heavy atom. The number of nitrogens with one attached hydrogen (secondary N) is 2. The van der Waals surface area contributed by atoms with Gasteiger partial charge in [0.2, 0.25) is 11.8 Å². The molecular formula is C41H63N5O8S. The standard InChI is InChI=1S/C41H63N5O8S/c1-9-19-53-25-46(41(52)37(28(6)10-2)44-39(51)34-13-11-12-18-45(34)8)35(26(3)4)22-36(54-29(7)48)40-43-33(24-55-40)38(50)42-31(20-27(5)23-47)21-30-14-16-32(49)17-15-30/h14-17,23-24,26-28,31,34-37,49H,9-13,18-22,25H2,1-8H3,(H,42,50)(H,44,51)/t27-,28?,31+,34+,35+,36+,37-/m0/s1. The molecule has 0 saturated carbocycles. The molecule has 0 bridgehead atoms. The molecule has 2 heterocycles. The summed E-state index contributed by atoms with van der Waals surface area (Å²) >= 11 is 1.18. The van der Waals surface area contributed by atoms with Gasteiger partial charge in [-0.25, -0.2) is 4.98 Å². The van der Waals surface area contributed by atoms with Crippen LogP contribution < -0.4 is 10.6 Å². The van der Waals surface area contributed by atoms with Crippen LogP contribution in [-0.2, 0) is 35.1 Å². The summed E-state index contributed by atoms with van der Waals surface area (Å²) in [5, 5.41) is 17.8. The number of hydrogen-bond acceptors (Lipinski definition) is 11. The number of likely N-dealkylation sites (N-methyl/N-ethyl adjacent to an activating group) is 1. The van der Waals surface area contributed by atoms with E-state index in [4.69, 9.17) is 9.47 Å². The van der Waals surface area contributed by atoms with Crippen molar-refractivity contribution in [2.45, 2.75) is 130 Å². The zero-order chi connectivity index (χ0) is 40.7. The molecule has 13 nitrogen and oxygen atoms in total. The van der Waals surface area contributed by atoms with Gasteiger partial charge in [0.1, 0.15) is 35.5 Å². The molecule has 306 valence electrons. The lowest BCUT2D eigenvalue weighted by molar-refractivity contribution is -0.153. The SMILES string of the molecule is CCCOCN(C(=O)[C@@H](NC(=O)[C@H]1CCCCN1C)C(C)CC)[C@H](C[C@@H](OC(C)=O)c1nc(C(=O)N[C@@H](Cc2ccc(O)cc2)C[C@H](C)C=O)cs1)C(C)C. The number of rotatable bonds is 22. The summed E-state index contributed by atoms with van der Waals surface area (Å²) < 4.78 is 11.9. The van der Waals surface area contributed by atoms with Crippen molar-refractivity contribution < 1.29 is 38.6 Å². The number of piperidine rings is 1. The van der Waals surface area contributed by atoms with Gasteiger partial charge in [-0.2, -0.15) is 0 Å². The molecular weight excluding hydrogens is 723 g/mol. The molecule has 3 N–H and O–H groups in total. The van der Waals surface area contributed by atoms with Crippen LogP contribution in [0.3, 0.4) is 0 Å². The Bertz CT molecular complexity index is 1530. The van der Waals surface area contributed by atoms with Gasteiger partial charge in [-0.05, 0) is 75.2 Å². The van der Waals surface area contributed by atoms with Gasteiger partial charge in [0.15, 0.2) is 6.10 Å². The first-order valence-electron chi connectivity index (χ1n) is 19.7. The van der Waals surface area contributed by atoms with Crippen LogP contribution in [0, 0.1) is 17.8 Å². The lowest BCUT2D eigenvalue weighted by Crippen LogP contribution is -2.59. The van der Waals surface area contributed by atoms with E-state index in [1.165, 1.54) is 18.3 Å². The number of benzene rings is 1. The predicted molar refractivity (Wildman–Crippen MR) is 212 cm³/mol. The van der Waals surface area contributed by atoms with E-state index in [0.717, 1.165) is 44.1 Å².